The molecule has 452 valence electrons. The van der Waals surface area contributed by atoms with Crippen LogP contribution in [0.5, 0.6) is 23.0 Å². The Morgan fingerprint density at radius 1 is 0.244 bits per heavy atom. The molecule has 90 heavy (non-hydrogen) atoms. The Bertz CT molecular complexity index is 3880. The van der Waals surface area contributed by atoms with Gasteiger partial charge in [0.25, 0.3) is 0 Å². The molecule has 13 heterocycles. The highest BCUT2D eigenvalue weighted by atomic mass is 16.3. The van der Waals surface area contributed by atoms with Gasteiger partial charge in [-0.1, -0.05) is 121 Å². The van der Waals surface area contributed by atoms with Gasteiger partial charge in [0.2, 0.25) is 0 Å². The molecule has 13 aliphatic rings. The number of aromatic hydroxyl groups is 4. The molecule has 4 N–H and O–H groups in total. The van der Waals surface area contributed by atoms with Crippen LogP contribution in [0.25, 0.3) is 0 Å². The molecule has 11 saturated heterocycles. The lowest BCUT2D eigenvalue weighted by Gasteiger charge is -2.52. The van der Waals surface area contributed by atoms with Crippen LogP contribution in [0.15, 0.2) is 146 Å². The molecule has 28 nitrogen and oxygen atoms in total. The molecule has 0 aromatic heterocycles. The van der Waals surface area contributed by atoms with Crippen molar-refractivity contribution in [3.63, 3.8) is 0 Å². The average Bonchev–Trinajstić information content (AvgIpc) is 1.48. The van der Waals surface area contributed by atoms with Crippen LogP contribution in [-0.4, -0.2) is 212 Å². The largest absolute Gasteiger partial charge is 0.508 e. The minimum atomic E-state index is -1.92. The van der Waals surface area contributed by atoms with E-state index in [-0.39, 0.29) is 71.4 Å². The van der Waals surface area contributed by atoms with Gasteiger partial charge in [-0.2, -0.15) is 0 Å². The predicted octanol–water partition coefficient (Wildman–Crippen LogP) is 4.64. The van der Waals surface area contributed by atoms with Crippen LogP contribution >= 0.6 is 0 Å². The molecule has 0 bridgehead atoms. The van der Waals surface area contributed by atoms with Crippen LogP contribution < -0.4 is 0 Å². The maximum Gasteiger partial charge on any atom is 0.326 e. The fourth-order valence-corrected chi connectivity index (χ4v) is 18.2. The van der Waals surface area contributed by atoms with Crippen LogP contribution in [0.1, 0.15) is 44.5 Å². The lowest BCUT2D eigenvalue weighted by Crippen LogP contribution is -2.68. The highest BCUT2D eigenvalue weighted by Crippen LogP contribution is 2.68. The number of rotatable bonds is 4. The number of urea groups is 8. The molecular weight excluding hydrogens is 1160 g/mol. The van der Waals surface area contributed by atoms with Gasteiger partial charge in [-0.15, -0.1) is 0 Å². The number of phenols is 4. The summed E-state index contributed by atoms with van der Waals surface area (Å²) < 4.78 is 0. The highest BCUT2D eigenvalue weighted by molar-refractivity contribution is 5.95. The van der Waals surface area contributed by atoms with E-state index in [0.717, 1.165) is 0 Å². The smallest absolute Gasteiger partial charge is 0.326 e. The second-order valence-electron chi connectivity index (χ2n) is 24.9. The Hall–Kier alpha value is -11.3. The molecule has 0 spiro atoms. The van der Waals surface area contributed by atoms with Gasteiger partial charge < -0.3 is 20.4 Å². The zero-order valence-corrected chi connectivity index (χ0v) is 47.4. The molecule has 16 amide bonds. The van der Waals surface area contributed by atoms with Gasteiger partial charge in [0.1, 0.15) is 63.0 Å². The van der Waals surface area contributed by atoms with E-state index >= 15 is 38.4 Å². The predicted molar refractivity (Wildman–Crippen MR) is 304 cm³/mol. The zero-order valence-electron chi connectivity index (χ0n) is 47.4. The summed E-state index contributed by atoms with van der Waals surface area (Å²) in [7, 11) is 0. The van der Waals surface area contributed by atoms with Gasteiger partial charge in [0, 0.05) is 44.5 Å². The van der Waals surface area contributed by atoms with Crippen molar-refractivity contribution in [2.24, 2.45) is 0 Å². The van der Waals surface area contributed by atoms with E-state index < -0.39 is 136 Å². The number of carbonyl (C=O) groups is 8. The van der Waals surface area contributed by atoms with E-state index in [1.54, 1.807) is 121 Å². The summed E-state index contributed by atoms with van der Waals surface area (Å²) in [4.78, 5) is 152. The highest BCUT2D eigenvalue weighted by Gasteiger charge is 2.85. The fraction of sp³-hybridized carbons (Fsp3) is 0.290. The van der Waals surface area contributed by atoms with Gasteiger partial charge in [-0.25, -0.2) is 38.4 Å². The van der Waals surface area contributed by atoms with Gasteiger partial charge in [-0.05, 0) is 24.3 Å². The Morgan fingerprint density at radius 2 is 0.433 bits per heavy atom. The van der Waals surface area contributed by atoms with Gasteiger partial charge >= 0.3 is 48.2 Å². The monoisotopic (exact) mass is 1210 g/mol. The van der Waals surface area contributed by atoms with E-state index in [2.05, 4.69) is 0 Å². The Labute approximate surface area is 510 Å². The first-order valence-electron chi connectivity index (χ1n) is 29.6. The SMILES string of the molecule is O=C1N2CN3C(=O)N4CN5C(=O)N6Cc7c(O)ccc(O)c7CN7C(=O)N(CN8C(=O)N(CN9C(=O)N%10CN%11C(=O)N%12Cc%13c(O)ccc(O)c%13CN%13C(=O)N(CN1C%10C29)C%11(c1ccccc1)C%13%12c1ccccc1)C3C48)C5(c1ccccc1)C67c1ccccc1. The van der Waals surface area contributed by atoms with E-state index in [1.165, 1.54) is 103 Å². The molecule has 0 unspecified atom stereocenters. The molecule has 0 radical (unpaired) electrons. The third-order valence-electron chi connectivity index (χ3n) is 21.5. The van der Waals surface area contributed by atoms with Gasteiger partial charge in [-0.3, -0.25) is 78.4 Å². The first-order chi connectivity index (χ1) is 43.6. The van der Waals surface area contributed by atoms with Crippen LogP contribution in [0, 0.1) is 0 Å². The summed E-state index contributed by atoms with van der Waals surface area (Å²) in [6.45, 7) is -4.41. The van der Waals surface area contributed by atoms with Crippen LogP contribution in [0.2, 0.25) is 0 Å². The number of benzene rings is 6. The van der Waals surface area contributed by atoms with Crippen molar-refractivity contribution >= 4 is 48.2 Å². The lowest BCUT2D eigenvalue weighted by atomic mass is 9.79. The number of carbonyl (C=O) groups excluding carboxylic acids is 8. The Kier molecular flexibility index (Phi) is 9.28. The maximum atomic E-state index is 16.2. The first-order valence-corrected chi connectivity index (χ1v) is 29.6. The lowest BCUT2D eigenvalue weighted by molar-refractivity contribution is -0.115. The molecule has 11 fully saturated rings. The zero-order chi connectivity index (χ0) is 61.1. The molecule has 0 atom stereocenters. The number of nitrogens with zero attached hydrogens (tertiary/aromatic N) is 16. The van der Waals surface area contributed by atoms with Crippen molar-refractivity contribution < 1.29 is 58.8 Å². The van der Waals surface area contributed by atoms with Crippen molar-refractivity contribution in [1.82, 2.24) is 78.4 Å². The van der Waals surface area contributed by atoms with Crippen molar-refractivity contribution in [1.29, 1.82) is 0 Å². The Morgan fingerprint density at radius 3 is 0.644 bits per heavy atom. The molecular formula is C62H52N16O12. The molecule has 19 rings (SSSR count). The van der Waals surface area contributed by atoms with Gasteiger partial charge in [0.15, 0.2) is 47.3 Å². The van der Waals surface area contributed by atoms with E-state index in [0.29, 0.717) is 22.3 Å². The third-order valence-corrected chi connectivity index (χ3v) is 21.5. The van der Waals surface area contributed by atoms with Crippen molar-refractivity contribution in [2.75, 3.05) is 40.0 Å². The second kappa shape index (κ2) is 16.4. The molecule has 0 aliphatic carbocycles. The number of fused-ring (bicyclic) bond motifs is 2. The third kappa shape index (κ3) is 5.27. The van der Waals surface area contributed by atoms with Crippen LogP contribution in [-0.2, 0) is 48.8 Å². The molecule has 13 aliphatic heterocycles. The fourth-order valence-electron chi connectivity index (χ4n) is 18.2. The first kappa shape index (κ1) is 50.8. The Balaban J connectivity index is 0.763. The quantitative estimate of drug-likeness (QED) is 0.176. The summed E-state index contributed by atoms with van der Waals surface area (Å²) >= 11 is 0. The summed E-state index contributed by atoms with van der Waals surface area (Å²) in [6.07, 6.45) is -5.02. The number of phenolic OH excluding ortho intramolecular Hbond substituents is 4. The van der Waals surface area contributed by atoms with Crippen molar-refractivity contribution in [3.05, 3.63) is 190 Å². The number of hydrogen-bond acceptors (Lipinski definition) is 12. The van der Waals surface area contributed by atoms with Crippen molar-refractivity contribution in [3.8, 4) is 23.0 Å². The summed E-state index contributed by atoms with van der Waals surface area (Å²) in [5.41, 5.74) is -4.86. The minimum Gasteiger partial charge on any atom is -0.508 e. The minimum absolute atomic E-state index is 0.207. The number of hydrogen-bond donors (Lipinski definition) is 4. The van der Waals surface area contributed by atoms with Crippen LogP contribution in [0.3, 0.4) is 0 Å². The van der Waals surface area contributed by atoms with E-state index in [9.17, 15) is 20.4 Å². The second-order valence-corrected chi connectivity index (χ2v) is 24.9. The van der Waals surface area contributed by atoms with Gasteiger partial charge in [0.05, 0.1) is 26.2 Å². The van der Waals surface area contributed by atoms with E-state index in [1.807, 2.05) is 0 Å². The van der Waals surface area contributed by atoms with E-state index in [4.69, 9.17) is 0 Å². The summed E-state index contributed by atoms with van der Waals surface area (Å²) in [6, 6.07) is 35.5. The molecule has 6 aromatic rings. The molecule has 0 saturated carbocycles. The standard InChI is InChI=1S/C62H52N16O12/c79-43-21-22-44(80)40-26-72-56(88)76-32-68-49-47-63(51(83)67(49)31-75-55(87)71(25-39(40)43)59(72,35-13-5-1-6-14-35)61(75,76)37-17-9-3-10-18-37)29-65-48-50-69(53(65)85)33-77-57(89)73-27-41-42(46(82)24-23-45(41)81)28-74-58(90)78(34-70(50)54(86)66(48)30-64(47)52(68)84)62(77,38-19-11-4-12-20-38)60(73,74)36-15-7-2-8-16-36/h1-24,47-50,79-82H,25-34H2. The summed E-state index contributed by atoms with van der Waals surface area (Å²) in [5, 5.41) is 46.3. The maximum absolute atomic E-state index is 16.2. The molecule has 28 heteroatoms. The normalized spacial score (nSPS) is 30.4. The summed E-state index contributed by atoms with van der Waals surface area (Å²) in [5.74, 6) is -0.877. The van der Waals surface area contributed by atoms with Crippen LogP contribution in [0.4, 0.5) is 38.4 Å². The average molecular weight is 1210 g/mol. The topological polar surface area (TPSA) is 269 Å². The number of amides is 16. The molecule has 6 aromatic carbocycles. The van der Waals surface area contributed by atoms with Crippen molar-refractivity contribution in [2.45, 2.75) is 73.5 Å².